The van der Waals surface area contributed by atoms with Gasteiger partial charge in [0.05, 0.1) is 6.42 Å². The van der Waals surface area contributed by atoms with Gasteiger partial charge in [-0.05, 0) is 30.2 Å². The van der Waals surface area contributed by atoms with E-state index in [0.717, 1.165) is 43.3 Å². The standard InChI is InChI=1S/C18H20N4O3/c23-17(12-14-3-4-15-16(11-14)25-13-24-15)21-7-2-8-22(10-9-21)18-19-5-1-6-20-18/h1,3-6,11H,2,7-10,12-13H2. The van der Waals surface area contributed by atoms with Gasteiger partial charge < -0.3 is 19.3 Å². The highest BCUT2D eigenvalue weighted by atomic mass is 16.7. The van der Waals surface area contributed by atoms with Crippen LogP contribution in [0, 0.1) is 0 Å². The fourth-order valence-corrected chi connectivity index (χ4v) is 3.16. The second-order valence-corrected chi connectivity index (χ2v) is 6.13. The molecule has 2 aliphatic heterocycles. The van der Waals surface area contributed by atoms with E-state index in [1.807, 2.05) is 29.2 Å². The van der Waals surface area contributed by atoms with E-state index in [2.05, 4.69) is 14.9 Å². The summed E-state index contributed by atoms with van der Waals surface area (Å²) in [5.74, 6) is 2.32. The fraction of sp³-hybridized carbons (Fsp3) is 0.389. The van der Waals surface area contributed by atoms with E-state index in [9.17, 15) is 4.79 Å². The first-order valence-corrected chi connectivity index (χ1v) is 8.48. The minimum absolute atomic E-state index is 0.134. The zero-order chi connectivity index (χ0) is 17.1. The maximum atomic E-state index is 12.7. The van der Waals surface area contributed by atoms with E-state index < -0.39 is 0 Å². The quantitative estimate of drug-likeness (QED) is 0.843. The summed E-state index contributed by atoms with van der Waals surface area (Å²) in [5, 5.41) is 0. The average Bonchev–Trinajstić information content (AvgIpc) is 2.96. The third-order valence-corrected chi connectivity index (χ3v) is 4.48. The van der Waals surface area contributed by atoms with E-state index >= 15 is 0 Å². The molecule has 25 heavy (non-hydrogen) atoms. The number of nitrogens with zero attached hydrogens (tertiary/aromatic N) is 4. The van der Waals surface area contributed by atoms with Crippen molar-refractivity contribution in [3.8, 4) is 11.5 Å². The summed E-state index contributed by atoms with van der Waals surface area (Å²) in [6, 6.07) is 7.49. The van der Waals surface area contributed by atoms with Crippen LogP contribution in [0.4, 0.5) is 5.95 Å². The highest BCUT2D eigenvalue weighted by Gasteiger charge is 2.21. The van der Waals surface area contributed by atoms with Crippen LogP contribution in [0.25, 0.3) is 0 Å². The molecule has 0 spiro atoms. The first-order valence-electron chi connectivity index (χ1n) is 8.48. The molecule has 0 saturated carbocycles. The Bertz CT molecular complexity index is 753. The number of hydrogen-bond donors (Lipinski definition) is 0. The van der Waals surface area contributed by atoms with Crippen LogP contribution < -0.4 is 14.4 Å². The zero-order valence-electron chi connectivity index (χ0n) is 13.9. The summed E-state index contributed by atoms with van der Waals surface area (Å²) in [6.07, 6.45) is 4.77. The molecule has 1 fully saturated rings. The molecule has 0 atom stereocenters. The molecule has 0 bridgehead atoms. The number of rotatable bonds is 3. The lowest BCUT2D eigenvalue weighted by Gasteiger charge is -2.22. The van der Waals surface area contributed by atoms with Gasteiger partial charge in [-0.1, -0.05) is 6.07 Å². The van der Waals surface area contributed by atoms with Gasteiger partial charge in [-0.2, -0.15) is 0 Å². The normalized spacial score (nSPS) is 16.6. The Morgan fingerprint density at radius 1 is 1.04 bits per heavy atom. The molecule has 7 nitrogen and oxygen atoms in total. The number of aromatic nitrogens is 2. The second-order valence-electron chi connectivity index (χ2n) is 6.13. The highest BCUT2D eigenvalue weighted by molar-refractivity contribution is 5.79. The molecule has 1 saturated heterocycles. The van der Waals surface area contributed by atoms with Crippen LogP contribution in [0.1, 0.15) is 12.0 Å². The summed E-state index contributed by atoms with van der Waals surface area (Å²) in [4.78, 5) is 25.3. The van der Waals surface area contributed by atoms with E-state index in [-0.39, 0.29) is 12.7 Å². The molecule has 2 aromatic rings. The van der Waals surface area contributed by atoms with Crippen molar-refractivity contribution in [2.75, 3.05) is 37.9 Å². The number of anilines is 1. The number of ether oxygens (including phenoxy) is 2. The summed E-state index contributed by atoms with van der Waals surface area (Å²) in [6.45, 7) is 3.29. The van der Waals surface area contributed by atoms with E-state index in [4.69, 9.17) is 9.47 Å². The number of hydrogen-bond acceptors (Lipinski definition) is 6. The molecule has 3 heterocycles. The van der Waals surface area contributed by atoms with Crippen LogP contribution >= 0.6 is 0 Å². The molecule has 1 aromatic heterocycles. The Kier molecular flexibility index (Phi) is 4.37. The molecule has 0 radical (unpaired) electrons. The molecule has 130 valence electrons. The van der Waals surface area contributed by atoms with Gasteiger partial charge >= 0.3 is 0 Å². The maximum Gasteiger partial charge on any atom is 0.231 e. The van der Waals surface area contributed by atoms with Gasteiger partial charge in [0.2, 0.25) is 18.6 Å². The van der Waals surface area contributed by atoms with Crippen LogP contribution in [0.15, 0.2) is 36.7 Å². The number of amides is 1. The smallest absolute Gasteiger partial charge is 0.231 e. The van der Waals surface area contributed by atoms with E-state index in [0.29, 0.717) is 18.7 Å². The van der Waals surface area contributed by atoms with Gasteiger partial charge in [0.1, 0.15) is 0 Å². The Balaban J connectivity index is 1.38. The Labute approximate surface area is 146 Å². The first kappa shape index (κ1) is 15.7. The molecule has 1 amide bonds. The predicted octanol–water partition coefficient (Wildman–Crippen LogP) is 1.49. The van der Waals surface area contributed by atoms with Crippen LogP contribution in [0.3, 0.4) is 0 Å². The third kappa shape index (κ3) is 3.50. The lowest BCUT2D eigenvalue weighted by Crippen LogP contribution is -2.36. The van der Waals surface area contributed by atoms with Gasteiger partial charge in [-0.15, -0.1) is 0 Å². The van der Waals surface area contributed by atoms with E-state index in [1.165, 1.54) is 0 Å². The Morgan fingerprint density at radius 3 is 2.76 bits per heavy atom. The van der Waals surface area contributed by atoms with Gasteiger partial charge in [0.25, 0.3) is 0 Å². The highest BCUT2D eigenvalue weighted by Crippen LogP contribution is 2.32. The molecule has 2 aliphatic rings. The minimum atomic E-state index is 0.134. The predicted molar refractivity (Wildman–Crippen MR) is 91.7 cm³/mol. The van der Waals surface area contributed by atoms with E-state index in [1.54, 1.807) is 12.4 Å². The topological polar surface area (TPSA) is 67.8 Å². The lowest BCUT2D eigenvalue weighted by molar-refractivity contribution is -0.130. The summed E-state index contributed by atoms with van der Waals surface area (Å²) in [7, 11) is 0. The molecular weight excluding hydrogens is 320 g/mol. The molecule has 0 unspecified atom stereocenters. The molecule has 4 rings (SSSR count). The summed E-state index contributed by atoms with van der Waals surface area (Å²) >= 11 is 0. The number of carbonyl (C=O) groups excluding carboxylic acids is 1. The second kappa shape index (κ2) is 6.96. The number of carbonyl (C=O) groups is 1. The number of fused-ring (bicyclic) bond motifs is 1. The van der Waals surface area contributed by atoms with Crippen LogP contribution in [0.5, 0.6) is 11.5 Å². The Morgan fingerprint density at radius 2 is 1.88 bits per heavy atom. The van der Waals surface area contributed by atoms with Crippen molar-refractivity contribution in [1.29, 1.82) is 0 Å². The van der Waals surface area contributed by atoms with Crippen molar-refractivity contribution in [1.82, 2.24) is 14.9 Å². The molecular formula is C18H20N4O3. The van der Waals surface area contributed by atoms with Crippen LogP contribution in [-0.2, 0) is 11.2 Å². The first-order chi connectivity index (χ1) is 12.3. The summed E-state index contributed by atoms with van der Waals surface area (Å²) in [5.41, 5.74) is 0.946. The molecule has 1 aromatic carbocycles. The van der Waals surface area contributed by atoms with Gasteiger partial charge in [0.15, 0.2) is 11.5 Å². The van der Waals surface area contributed by atoms with Crippen LogP contribution in [0.2, 0.25) is 0 Å². The van der Waals surface area contributed by atoms with Crippen molar-refractivity contribution in [2.45, 2.75) is 12.8 Å². The monoisotopic (exact) mass is 340 g/mol. The average molecular weight is 340 g/mol. The largest absolute Gasteiger partial charge is 0.454 e. The zero-order valence-corrected chi connectivity index (χ0v) is 13.9. The van der Waals surface area contributed by atoms with Crippen molar-refractivity contribution < 1.29 is 14.3 Å². The van der Waals surface area contributed by atoms with Crippen LogP contribution in [-0.4, -0.2) is 53.7 Å². The SMILES string of the molecule is O=C(Cc1ccc2c(c1)OCO2)N1CCCN(c2ncccn2)CC1. The maximum absolute atomic E-state index is 12.7. The van der Waals surface area contributed by atoms with Crippen molar-refractivity contribution in [3.05, 3.63) is 42.2 Å². The van der Waals surface area contributed by atoms with Gasteiger partial charge in [0, 0.05) is 38.6 Å². The van der Waals surface area contributed by atoms with Crippen molar-refractivity contribution in [3.63, 3.8) is 0 Å². The molecule has 0 aliphatic carbocycles. The fourth-order valence-electron chi connectivity index (χ4n) is 3.16. The Hall–Kier alpha value is -2.83. The van der Waals surface area contributed by atoms with Gasteiger partial charge in [-0.3, -0.25) is 4.79 Å². The molecule has 0 N–H and O–H groups in total. The lowest BCUT2D eigenvalue weighted by atomic mass is 10.1. The number of benzene rings is 1. The third-order valence-electron chi connectivity index (χ3n) is 4.48. The van der Waals surface area contributed by atoms with Crippen molar-refractivity contribution in [2.24, 2.45) is 0 Å². The molecule has 7 heteroatoms. The minimum Gasteiger partial charge on any atom is -0.454 e. The van der Waals surface area contributed by atoms with Gasteiger partial charge in [-0.25, -0.2) is 9.97 Å². The summed E-state index contributed by atoms with van der Waals surface area (Å²) < 4.78 is 10.7. The van der Waals surface area contributed by atoms with Crippen molar-refractivity contribution >= 4 is 11.9 Å².